The van der Waals surface area contributed by atoms with Crippen molar-refractivity contribution >= 4 is 33.8 Å². The van der Waals surface area contributed by atoms with E-state index in [0.29, 0.717) is 19.3 Å². The van der Waals surface area contributed by atoms with Gasteiger partial charge in [0.25, 0.3) is 0 Å². The third kappa shape index (κ3) is 20.5. The van der Waals surface area contributed by atoms with Crippen molar-refractivity contribution < 1.29 is 28.6 Å². The van der Waals surface area contributed by atoms with Gasteiger partial charge in [-0.15, -0.1) is 0 Å². The molecule has 0 fully saturated rings. The molecule has 0 spiro atoms. The highest BCUT2D eigenvalue weighted by atomic mass is 79.9. The molecule has 0 rings (SSSR count). The van der Waals surface area contributed by atoms with E-state index in [1.54, 1.807) is 0 Å². The maximum atomic E-state index is 12.0. The standard InChI is InChI=1S/C24H43BrO6/c1-3-5-7-10-14-22(26)29-18-21(19-30-23(27)15-11-8-6-4-2)20-31-24(28)16-12-9-13-17-25/h21H,3-20H2,1-2H3. The lowest BCUT2D eigenvalue weighted by molar-refractivity contribution is -0.153. The summed E-state index contributed by atoms with van der Waals surface area (Å²) in [7, 11) is 0. The molecule has 0 heterocycles. The van der Waals surface area contributed by atoms with Crippen LogP contribution in [0.25, 0.3) is 0 Å². The first-order valence-corrected chi connectivity index (χ1v) is 13.2. The number of hydrogen-bond acceptors (Lipinski definition) is 6. The Labute approximate surface area is 197 Å². The monoisotopic (exact) mass is 506 g/mol. The number of rotatable bonds is 21. The highest BCUT2D eigenvalue weighted by Gasteiger charge is 2.17. The average molecular weight is 508 g/mol. The van der Waals surface area contributed by atoms with Crippen LogP contribution in [0.1, 0.15) is 104 Å². The zero-order valence-corrected chi connectivity index (χ0v) is 21.2. The summed E-state index contributed by atoms with van der Waals surface area (Å²) in [5, 5.41) is 0.928. The van der Waals surface area contributed by atoms with E-state index >= 15 is 0 Å². The summed E-state index contributed by atoms with van der Waals surface area (Å²) < 4.78 is 16.0. The topological polar surface area (TPSA) is 78.9 Å². The molecule has 0 saturated carbocycles. The van der Waals surface area contributed by atoms with Crippen molar-refractivity contribution in [3.63, 3.8) is 0 Å². The number of carbonyl (C=O) groups is 3. The molecule has 0 aliphatic rings. The van der Waals surface area contributed by atoms with Crippen molar-refractivity contribution in [1.82, 2.24) is 0 Å². The zero-order chi connectivity index (χ0) is 23.2. The van der Waals surface area contributed by atoms with Gasteiger partial charge in [0.1, 0.15) is 19.8 Å². The van der Waals surface area contributed by atoms with Gasteiger partial charge in [-0.25, -0.2) is 0 Å². The molecule has 0 atom stereocenters. The van der Waals surface area contributed by atoms with Gasteiger partial charge in [-0.1, -0.05) is 74.7 Å². The van der Waals surface area contributed by atoms with Gasteiger partial charge in [-0.3, -0.25) is 14.4 Å². The lowest BCUT2D eigenvalue weighted by atomic mass is 10.1. The summed E-state index contributed by atoms with van der Waals surface area (Å²) in [6.45, 7) is 4.51. The van der Waals surface area contributed by atoms with Crippen LogP contribution in [0.4, 0.5) is 0 Å². The Balaban J connectivity index is 4.34. The van der Waals surface area contributed by atoms with Gasteiger partial charge < -0.3 is 14.2 Å². The lowest BCUT2D eigenvalue weighted by Gasteiger charge is -2.17. The number of carbonyl (C=O) groups excluding carboxylic acids is 3. The number of ether oxygens (including phenoxy) is 3. The molecule has 182 valence electrons. The van der Waals surface area contributed by atoms with E-state index in [9.17, 15) is 14.4 Å². The molecule has 0 aromatic heterocycles. The maximum absolute atomic E-state index is 12.0. The second-order valence-electron chi connectivity index (χ2n) is 8.04. The fraction of sp³-hybridized carbons (Fsp3) is 0.875. The number of unbranched alkanes of at least 4 members (excludes halogenated alkanes) is 8. The van der Waals surface area contributed by atoms with Gasteiger partial charge >= 0.3 is 17.9 Å². The van der Waals surface area contributed by atoms with Crippen LogP contribution in [0, 0.1) is 5.92 Å². The van der Waals surface area contributed by atoms with Crippen LogP contribution in [0.15, 0.2) is 0 Å². The molecule has 7 heteroatoms. The molecule has 0 unspecified atom stereocenters. The summed E-state index contributed by atoms with van der Waals surface area (Å²) in [4.78, 5) is 35.8. The summed E-state index contributed by atoms with van der Waals surface area (Å²) in [6.07, 6.45) is 12.0. The van der Waals surface area contributed by atoms with Crippen molar-refractivity contribution in [2.24, 2.45) is 5.92 Å². The minimum Gasteiger partial charge on any atom is -0.465 e. The summed E-state index contributed by atoms with van der Waals surface area (Å²) in [6, 6.07) is 0. The Bertz CT molecular complexity index is 402. The fourth-order valence-corrected chi connectivity index (χ4v) is 3.32. The van der Waals surface area contributed by atoms with Crippen molar-refractivity contribution in [2.45, 2.75) is 104 Å². The third-order valence-corrected chi connectivity index (χ3v) is 5.48. The van der Waals surface area contributed by atoms with Gasteiger partial charge in [-0.05, 0) is 25.7 Å². The molecule has 0 saturated heterocycles. The second-order valence-corrected chi connectivity index (χ2v) is 8.83. The first-order valence-electron chi connectivity index (χ1n) is 12.1. The number of esters is 3. The van der Waals surface area contributed by atoms with Crippen molar-refractivity contribution in [1.29, 1.82) is 0 Å². The zero-order valence-electron chi connectivity index (χ0n) is 19.6. The minimum absolute atomic E-state index is 0.0868. The van der Waals surface area contributed by atoms with Gasteiger partial charge in [0, 0.05) is 24.6 Å². The summed E-state index contributed by atoms with van der Waals surface area (Å²) in [5.41, 5.74) is 0. The van der Waals surface area contributed by atoms with Crippen LogP contribution in [-0.4, -0.2) is 43.1 Å². The molecule has 31 heavy (non-hydrogen) atoms. The Morgan fingerprint density at radius 2 is 0.935 bits per heavy atom. The van der Waals surface area contributed by atoms with Crippen LogP contribution in [0.2, 0.25) is 0 Å². The first-order chi connectivity index (χ1) is 15.0. The molecule has 0 aliphatic heterocycles. The van der Waals surface area contributed by atoms with Gasteiger partial charge in [-0.2, -0.15) is 0 Å². The van der Waals surface area contributed by atoms with E-state index in [1.165, 1.54) is 0 Å². The van der Waals surface area contributed by atoms with Gasteiger partial charge in [0.2, 0.25) is 0 Å². The Kier molecular flexibility index (Phi) is 21.3. The predicted molar refractivity (Wildman–Crippen MR) is 126 cm³/mol. The van der Waals surface area contributed by atoms with E-state index in [2.05, 4.69) is 29.8 Å². The van der Waals surface area contributed by atoms with E-state index < -0.39 is 0 Å². The summed E-state index contributed by atoms with van der Waals surface area (Å²) >= 11 is 3.37. The Morgan fingerprint density at radius 1 is 0.581 bits per heavy atom. The predicted octanol–water partition coefficient (Wildman–Crippen LogP) is 6.13. The number of halogens is 1. The van der Waals surface area contributed by atoms with Crippen LogP contribution in [-0.2, 0) is 28.6 Å². The van der Waals surface area contributed by atoms with Gasteiger partial charge in [0.05, 0.1) is 5.92 Å². The molecule has 0 aliphatic carbocycles. The Hall–Kier alpha value is -1.11. The average Bonchev–Trinajstić information content (AvgIpc) is 2.76. The highest BCUT2D eigenvalue weighted by molar-refractivity contribution is 9.09. The molecule has 0 aromatic rings. The van der Waals surface area contributed by atoms with E-state index in [0.717, 1.165) is 76.0 Å². The third-order valence-electron chi connectivity index (χ3n) is 4.92. The van der Waals surface area contributed by atoms with E-state index in [1.807, 2.05) is 0 Å². The molecular weight excluding hydrogens is 464 g/mol. The maximum Gasteiger partial charge on any atom is 0.305 e. The molecule has 0 amide bonds. The minimum atomic E-state index is -0.342. The molecule has 0 aromatic carbocycles. The molecule has 0 bridgehead atoms. The van der Waals surface area contributed by atoms with E-state index in [-0.39, 0.29) is 43.6 Å². The van der Waals surface area contributed by atoms with Crippen LogP contribution in [0.5, 0.6) is 0 Å². The lowest BCUT2D eigenvalue weighted by Crippen LogP contribution is -2.26. The first kappa shape index (κ1) is 29.9. The largest absolute Gasteiger partial charge is 0.465 e. The molecule has 0 N–H and O–H groups in total. The van der Waals surface area contributed by atoms with Gasteiger partial charge in [0.15, 0.2) is 0 Å². The van der Waals surface area contributed by atoms with Crippen molar-refractivity contribution in [3.05, 3.63) is 0 Å². The van der Waals surface area contributed by atoms with E-state index in [4.69, 9.17) is 14.2 Å². The van der Waals surface area contributed by atoms with Crippen LogP contribution < -0.4 is 0 Å². The fourth-order valence-electron chi connectivity index (χ4n) is 2.93. The smallest absolute Gasteiger partial charge is 0.305 e. The molecule has 0 radical (unpaired) electrons. The van der Waals surface area contributed by atoms with Crippen molar-refractivity contribution in [2.75, 3.05) is 25.2 Å². The normalized spacial score (nSPS) is 10.8. The highest BCUT2D eigenvalue weighted by Crippen LogP contribution is 2.09. The SMILES string of the molecule is CCCCCCC(=O)OCC(COC(=O)CCCCCC)COC(=O)CCCCCBr. The number of hydrogen-bond donors (Lipinski definition) is 0. The van der Waals surface area contributed by atoms with Crippen molar-refractivity contribution in [3.8, 4) is 0 Å². The molecule has 6 nitrogen and oxygen atoms in total. The Morgan fingerprint density at radius 3 is 1.26 bits per heavy atom. The number of alkyl halides is 1. The quantitative estimate of drug-likeness (QED) is 0.0805. The molecular formula is C24H43BrO6. The van der Waals surface area contributed by atoms with Crippen LogP contribution >= 0.6 is 15.9 Å². The summed E-state index contributed by atoms with van der Waals surface area (Å²) in [5.74, 6) is -1.12. The second kappa shape index (κ2) is 22.1. The van der Waals surface area contributed by atoms with Crippen LogP contribution in [0.3, 0.4) is 0 Å².